The van der Waals surface area contributed by atoms with E-state index in [-0.39, 0.29) is 13.0 Å². The number of rotatable bonds is 14. The summed E-state index contributed by atoms with van der Waals surface area (Å²) in [5.41, 5.74) is 2.97. The summed E-state index contributed by atoms with van der Waals surface area (Å²) in [5, 5.41) is 49.1. The number of aliphatic hydroxyl groups excluding tert-OH is 4. The number of carbonyl (C=O) groups is 1. The second kappa shape index (κ2) is 11.9. The van der Waals surface area contributed by atoms with Crippen LogP contribution in [0.4, 0.5) is 0 Å². The molecule has 0 saturated carbocycles. The summed E-state index contributed by atoms with van der Waals surface area (Å²) in [6.45, 7) is 2.93. The van der Waals surface area contributed by atoms with Crippen LogP contribution in [0.1, 0.15) is 65.2 Å². The minimum absolute atomic E-state index is 0.0834. The first-order valence-corrected chi connectivity index (χ1v) is 8.88. The molecule has 0 radical (unpaired) electrons. The maximum absolute atomic E-state index is 12.1. The fourth-order valence-corrected chi connectivity index (χ4v) is 2.55. The van der Waals surface area contributed by atoms with Gasteiger partial charge in [-0.25, -0.2) is 0 Å². The highest BCUT2D eigenvalue weighted by Gasteiger charge is 2.44. The molecule has 7 N–H and O–H groups in total. The predicted molar refractivity (Wildman–Crippen MR) is 91.3 cm³/mol. The summed E-state index contributed by atoms with van der Waals surface area (Å²) in [7, 11) is 0. The van der Waals surface area contributed by atoms with Crippen molar-refractivity contribution in [2.24, 2.45) is 5.73 Å². The molecular weight excluding hydrogens is 314 g/mol. The third kappa shape index (κ3) is 7.55. The lowest BCUT2D eigenvalue weighted by molar-refractivity contribution is -0.175. The normalized spacial score (nSPS) is 19.3. The van der Waals surface area contributed by atoms with Crippen molar-refractivity contribution in [1.82, 2.24) is 0 Å². The Morgan fingerprint density at radius 3 is 1.96 bits per heavy atom. The van der Waals surface area contributed by atoms with E-state index in [2.05, 4.69) is 6.92 Å². The van der Waals surface area contributed by atoms with Gasteiger partial charge in [-0.05, 0) is 13.3 Å². The van der Waals surface area contributed by atoms with Gasteiger partial charge in [0.05, 0.1) is 6.10 Å². The van der Waals surface area contributed by atoms with Crippen LogP contribution in [0.3, 0.4) is 0 Å². The van der Waals surface area contributed by atoms with Crippen LogP contribution in [0.2, 0.25) is 0 Å². The molecule has 0 aliphatic heterocycles. The van der Waals surface area contributed by atoms with Gasteiger partial charge in [-0.3, -0.25) is 4.79 Å². The fraction of sp³-hybridized carbons (Fsp3) is 0.941. The lowest BCUT2D eigenvalue weighted by Gasteiger charge is -2.34. The lowest BCUT2D eigenvalue weighted by atomic mass is 9.85. The largest absolute Gasteiger partial charge is 0.389 e. The van der Waals surface area contributed by atoms with Gasteiger partial charge < -0.3 is 31.3 Å². The summed E-state index contributed by atoms with van der Waals surface area (Å²) >= 11 is 0. The van der Waals surface area contributed by atoms with Gasteiger partial charge in [0.15, 0.2) is 5.78 Å². The SMILES string of the molecule is CCCCCCCCCC(=O)C(C)(O)C(O)C(O)C(O)C(O)CN. The van der Waals surface area contributed by atoms with Gasteiger partial charge in [-0.15, -0.1) is 0 Å². The predicted octanol–water partition coefficient (Wildman–Crippen LogP) is -0.150. The zero-order valence-corrected chi connectivity index (χ0v) is 14.9. The lowest BCUT2D eigenvalue weighted by Crippen LogP contribution is -2.58. The Morgan fingerprint density at radius 1 is 0.958 bits per heavy atom. The number of hydrogen-bond acceptors (Lipinski definition) is 7. The van der Waals surface area contributed by atoms with Gasteiger partial charge in [-0.2, -0.15) is 0 Å². The standard InChI is InChI=1S/C17H35NO6/c1-3-4-5-6-7-8-9-10-13(20)17(2,24)16(23)15(22)14(21)12(19)11-18/h12,14-16,19,21-24H,3-11,18H2,1-2H3. The third-order valence-corrected chi connectivity index (χ3v) is 4.46. The number of aliphatic hydroxyl groups is 5. The fourth-order valence-electron chi connectivity index (χ4n) is 2.55. The van der Waals surface area contributed by atoms with E-state index < -0.39 is 35.8 Å². The Morgan fingerprint density at radius 2 is 1.46 bits per heavy atom. The molecule has 0 amide bonds. The van der Waals surface area contributed by atoms with E-state index in [9.17, 15) is 30.3 Å². The molecule has 5 atom stereocenters. The molecule has 5 unspecified atom stereocenters. The van der Waals surface area contributed by atoms with Crippen molar-refractivity contribution < 1.29 is 30.3 Å². The molecule has 0 spiro atoms. The highest BCUT2D eigenvalue weighted by molar-refractivity contribution is 5.87. The zero-order chi connectivity index (χ0) is 18.8. The van der Waals surface area contributed by atoms with Crippen LogP contribution in [0.5, 0.6) is 0 Å². The van der Waals surface area contributed by atoms with Crippen molar-refractivity contribution in [1.29, 1.82) is 0 Å². The van der Waals surface area contributed by atoms with Crippen LogP contribution < -0.4 is 5.73 Å². The number of hydrogen-bond donors (Lipinski definition) is 6. The Balaban J connectivity index is 4.34. The number of nitrogens with two attached hydrogens (primary N) is 1. The van der Waals surface area contributed by atoms with Crippen molar-refractivity contribution in [2.75, 3.05) is 6.54 Å². The number of Topliss-reactive ketones (excluding diaryl/α,β-unsaturated/α-hetero) is 1. The van der Waals surface area contributed by atoms with Crippen molar-refractivity contribution in [3.63, 3.8) is 0 Å². The summed E-state index contributed by atoms with van der Waals surface area (Å²) < 4.78 is 0. The van der Waals surface area contributed by atoms with Gasteiger partial charge in [0, 0.05) is 13.0 Å². The summed E-state index contributed by atoms with van der Waals surface area (Å²) in [4.78, 5) is 12.1. The van der Waals surface area contributed by atoms with E-state index in [1.165, 1.54) is 19.3 Å². The molecular formula is C17H35NO6. The Kier molecular flexibility index (Phi) is 11.6. The zero-order valence-electron chi connectivity index (χ0n) is 14.9. The maximum atomic E-state index is 12.1. The molecule has 7 heteroatoms. The highest BCUT2D eigenvalue weighted by atomic mass is 16.4. The molecule has 0 aliphatic carbocycles. The van der Waals surface area contributed by atoms with Crippen LogP contribution in [0.25, 0.3) is 0 Å². The van der Waals surface area contributed by atoms with Crippen LogP contribution >= 0.6 is 0 Å². The van der Waals surface area contributed by atoms with E-state index >= 15 is 0 Å². The average Bonchev–Trinajstić information content (AvgIpc) is 2.57. The van der Waals surface area contributed by atoms with E-state index in [1.54, 1.807) is 0 Å². The quantitative estimate of drug-likeness (QED) is 0.239. The summed E-state index contributed by atoms with van der Waals surface area (Å²) in [6.07, 6.45) is 0.227. The van der Waals surface area contributed by atoms with Crippen molar-refractivity contribution in [3.8, 4) is 0 Å². The molecule has 7 nitrogen and oxygen atoms in total. The Bertz CT molecular complexity index is 350. The Hall–Kier alpha value is -0.570. The molecule has 0 fully saturated rings. The average molecular weight is 349 g/mol. The van der Waals surface area contributed by atoms with Crippen molar-refractivity contribution >= 4 is 5.78 Å². The second-order valence-electron chi connectivity index (χ2n) is 6.67. The van der Waals surface area contributed by atoms with Crippen LogP contribution in [0, 0.1) is 0 Å². The first-order valence-electron chi connectivity index (χ1n) is 8.88. The molecule has 0 rings (SSSR count). The topological polar surface area (TPSA) is 144 Å². The van der Waals surface area contributed by atoms with Crippen molar-refractivity contribution in [3.05, 3.63) is 0 Å². The van der Waals surface area contributed by atoms with Crippen LogP contribution in [-0.2, 0) is 4.79 Å². The molecule has 0 bridgehead atoms. The smallest absolute Gasteiger partial charge is 0.166 e. The van der Waals surface area contributed by atoms with Gasteiger partial charge in [0.2, 0.25) is 0 Å². The molecule has 0 aromatic rings. The third-order valence-electron chi connectivity index (χ3n) is 4.46. The van der Waals surface area contributed by atoms with E-state index in [0.29, 0.717) is 6.42 Å². The molecule has 0 saturated heterocycles. The molecule has 0 aliphatic rings. The molecule has 24 heavy (non-hydrogen) atoms. The van der Waals surface area contributed by atoms with Gasteiger partial charge in [0.1, 0.15) is 23.9 Å². The monoisotopic (exact) mass is 349 g/mol. The van der Waals surface area contributed by atoms with E-state index in [1.807, 2.05) is 0 Å². The van der Waals surface area contributed by atoms with Gasteiger partial charge in [-0.1, -0.05) is 45.4 Å². The highest BCUT2D eigenvalue weighted by Crippen LogP contribution is 2.21. The summed E-state index contributed by atoms with van der Waals surface area (Å²) in [6, 6.07) is 0. The minimum Gasteiger partial charge on any atom is -0.389 e. The van der Waals surface area contributed by atoms with Gasteiger partial charge in [0.25, 0.3) is 0 Å². The molecule has 0 aromatic heterocycles. The maximum Gasteiger partial charge on any atom is 0.166 e. The minimum atomic E-state index is -2.20. The molecule has 0 heterocycles. The van der Waals surface area contributed by atoms with Crippen LogP contribution in [-0.4, -0.2) is 67.9 Å². The molecule has 144 valence electrons. The first-order chi connectivity index (χ1) is 11.2. The number of ketones is 1. The summed E-state index contributed by atoms with van der Waals surface area (Å²) in [5.74, 6) is -0.600. The van der Waals surface area contributed by atoms with Gasteiger partial charge >= 0.3 is 0 Å². The molecule has 0 aromatic carbocycles. The van der Waals surface area contributed by atoms with Crippen LogP contribution in [0.15, 0.2) is 0 Å². The number of unbranched alkanes of at least 4 members (excludes halogenated alkanes) is 6. The Labute approximate surface area is 144 Å². The van der Waals surface area contributed by atoms with E-state index in [4.69, 9.17) is 5.73 Å². The van der Waals surface area contributed by atoms with Crippen molar-refractivity contribution in [2.45, 2.75) is 95.2 Å². The number of carbonyl (C=O) groups excluding carboxylic acids is 1. The first kappa shape index (κ1) is 23.4. The van der Waals surface area contributed by atoms with E-state index in [0.717, 1.165) is 26.2 Å². The second-order valence-corrected chi connectivity index (χ2v) is 6.67.